The Hall–Kier alpha value is -1.28. The van der Waals surface area contributed by atoms with Crippen LogP contribution in [0.3, 0.4) is 0 Å². The maximum atomic E-state index is 5.70. The molecule has 0 saturated heterocycles. The van der Waals surface area contributed by atoms with Crippen molar-refractivity contribution < 1.29 is 4.42 Å². The summed E-state index contributed by atoms with van der Waals surface area (Å²) < 4.78 is 5.60. The fourth-order valence-electron chi connectivity index (χ4n) is 1.51. The highest BCUT2D eigenvalue weighted by Gasteiger charge is 2.12. The zero-order chi connectivity index (χ0) is 10.7. The van der Waals surface area contributed by atoms with Crippen molar-refractivity contribution in [3.63, 3.8) is 0 Å². The molecule has 0 fully saturated rings. The van der Waals surface area contributed by atoms with Crippen LogP contribution in [0.15, 0.2) is 34.7 Å². The third kappa shape index (κ3) is 2.05. The smallest absolute Gasteiger partial charge is 0.210 e. The van der Waals surface area contributed by atoms with Crippen molar-refractivity contribution in [2.75, 3.05) is 0 Å². The van der Waals surface area contributed by atoms with Crippen LogP contribution >= 0.6 is 11.6 Å². The lowest BCUT2D eigenvalue weighted by Crippen LogP contribution is -1.84. The Kier molecular flexibility index (Phi) is 3.07. The first-order valence-electron chi connectivity index (χ1n) is 4.95. The molecule has 0 unspecified atom stereocenters. The minimum atomic E-state index is 0.319. The first-order valence-corrected chi connectivity index (χ1v) is 5.48. The van der Waals surface area contributed by atoms with Gasteiger partial charge in [-0.05, 0) is 6.42 Å². The highest BCUT2D eigenvalue weighted by Crippen LogP contribution is 2.25. The minimum absolute atomic E-state index is 0.319. The number of alkyl halides is 1. The molecule has 0 aliphatic heterocycles. The number of hydrogen-bond acceptors (Lipinski definition) is 2. The van der Waals surface area contributed by atoms with Crippen LogP contribution in [0, 0.1) is 0 Å². The summed E-state index contributed by atoms with van der Waals surface area (Å²) in [6, 6.07) is 9.97. The van der Waals surface area contributed by atoms with Gasteiger partial charge < -0.3 is 4.42 Å². The number of hydrogen-bond donors (Lipinski definition) is 0. The van der Waals surface area contributed by atoms with E-state index in [1.54, 1.807) is 0 Å². The average molecular weight is 222 g/mol. The van der Waals surface area contributed by atoms with Crippen LogP contribution in [0.25, 0.3) is 11.3 Å². The number of rotatable bonds is 3. The van der Waals surface area contributed by atoms with Crippen molar-refractivity contribution in [3.8, 4) is 11.3 Å². The zero-order valence-corrected chi connectivity index (χ0v) is 9.29. The molecule has 0 aliphatic carbocycles. The van der Waals surface area contributed by atoms with Crippen LogP contribution in [0.4, 0.5) is 0 Å². The number of nitrogens with zero attached hydrogens (tertiary/aromatic N) is 1. The average Bonchev–Trinajstić information content (AvgIpc) is 2.73. The molecule has 0 bridgehead atoms. The SMILES string of the molecule is CCc1nc(CCl)oc1-c1ccccc1. The molecule has 1 aromatic carbocycles. The second kappa shape index (κ2) is 4.49. The van der Waals surface area contributed by atoms with E-state index in [0.29, 0.717) is 11.8 Å². The topological polar surface area (TPSA) is 26.0 Å². The number of halogens is 1. The Bertz CT molecular complexity index is 436. The Morgan fingerprint density at radius 3 is 2.60 bits per heavy atom. The predicted octanol–water partition coefficient (Wildman–Crippen LogP) is 3.64. The molecule has 1 heterocycles. The van der Waals surface area contributed by atoms with Crippen LogP contribution in [-0.4, -0.2) is 4.98 Å². The Morgan fingerprint density at radius 2 is 2.00 bits per heavy atom. The first kappa shape index (κ1) is 10.2. The van der Waals surface area contributed by atoms with Gasteiger partial charge in [-0.25, -0.2) is 4.98 Å². The molecule has 2 nitrogen and oxygen atoms in total. The van der Waals surface area contributed by atoms with Gasteiger partial charge in [0.2, 0.25) is 5.89 Å². The van der Waals surface area contributed by atoms with E-state index >= 15 is 0 Å². The summed E-state index contributed by atoms with van der Waals surface area (Å²) in [5.74, 6) is 1.75. The lowest BCUT2D eigenvalue weighted by atomic mass is 10.1. The van der Waals surface area contributed by atoms with Crippen molar-refractivity contribution in [1.29, 1.82) is 0 Å². The molecule has 0 amide bonds. The van der Waals surface area contributed by atoms with Gasteiger partial charge in [0.15, 0.2) is 5.76 Å². The van der Waals surface area contributed by atoms with Crippen LogP contribution < -0.4 is 0 Å². The standard InChI is InChI=1S/C12H12ClNO/c1-2-10-12(15-11(8-13)14-10)9-6-4-3-5-7-9/h3-7H,2,8H2,1H3. The summed E-state index contributed by atoms with van der Waals surface area (Å²) in [6.45, 7) is 2.06. The third-order valence-electron chi connectivity index (χ3n) is 2.23. The van der Waals surface area contributed by atoms with Gasteiger partial charge in [0.25, 0.3) is 0 Å². The second-order valence-corrected chi connectivity index (χ2v) is 3.50. The largest absolute Gasteiger partial charge is 0.439 e. The van der Waals surface area contributed by atoms with Gasteiger partial charge in [0.05, 0.1) is 11.6 Å². The molecule has 2 rings (SSSR count). The van der Waals surface area contributed by atoms with Gasteiger partial charge in [-0.3, -0.25) is 0 Å². The molecule has 0 aliphatic rings. The number of oxazole rings is 1. The Balaban J connectivity index is 2.47. The van der Waals surface area contributed by atoms with Crippen molar-refractivity contribution in [2.45, 2.75) is 19.2 Å². The molecule has 2 aromatic rings. The van der Waals surface area contributed by atoms with E-state index in [0.717, 1.165) is 23.4 Å². The summed E-state index contributed by atoms with van der Waals surface area (Å²) >= 11 is 5.70. The van der Waals surface area contributed by atoms with E-state index < -0.39 is 0 Å². The van der Waals surface area contributed by atoms with E-state index in [9.17, 15) is 0 Å². The van der Waals surface area contributed by atoms with Gasteiger partial charge in [0, 0.05) is 5.56 Å². The molecule has 0 N–H and O–H groups in total. The van der Waals surface area contributed by atoms with E-state index in [-0.39, 0.29) is 0 Å². The Labute approximate surface area is 93.9 Å². The molecular formula is C12H12ClNO. The zero-order valence-electron chi connectivity index (χ0n) is 8.53. The number of aryl methyl sites for hydroxylation is 1. The summed E-state index contributed by atoms with van der Waals surface area (Å²) in [4.78, 5) is 4.32. The quantitative estimate of drug-likeness (QED) is 0.740. The monoisotopic (exact) mass is 221 g/mol. The predicted molar refractivity (Wildman–Crippen MR) is 60.9 cm³/mol. The van der Waals surface area contributed by atoms with Gasteiger partial charge in [0.1, 0.15) is 0 Å². The highest BCUT2D eigenvalue weighted by molar-refractivity contribution is 6.16. The van der Waals surface area contributed by atoms with E-state index in [2.05, 4.69) is 11.9 Å². The second-order valence-electron chi connectivity index (χ2n) is 3.24. The van der Waals surface area contributed by atoms with E-state index in [4.69, 9.17) is 16.0 Å². The van der Waals surface area contributed by atoms with Gasteiger partial charge in [-0.1, -0.05) is 37.3 Å². The molecule has 3 heteroatoms. The van der Waals surface area contributed by atoms with Crippen molar-refractivity contribution in [3.05, 3.63) is 41.9 Å². The van der Waals surface area contributed by atoms with Crippen molar-refractivity contribution in [1.82, 2.24) is 4.98 Å². The molecule has 0 saturated carbocycles. The maximum absolute atomic E-state index is 5.70. The summed E-state index contributed by atoms with van der Waals surface area (Å²) in [6.07, 6.45) is 0.852. The van der Waals surface area contributed by atoms with Gasteiger partial charge in [-0.15, -0.1) is 11.6 Å². The normalized spacial score (nSPS) is 10.5. The van der Waals surface area contributed by atoms with Crippen molar-refractivity contribution in [2.24, 2.45) is 0 Å². The molecular weight excluding hydrogens is 210 g/mol. The number of aromatic nitrogens is 1. The summed E-state index contributed by atoms with van der Waals surface area (Å²) in [5.41, 5.74) is 2.02. The number of benzene rings is 1. The molecule has 1 aromatic heterocycles. The van der Waals surface area contributed by atoms with Gasteiger partial charge in [-0.2, -0.15) is 0 Å². The van der Waals surface area contributed by atoms with Crippen LogP contribution in [0.2, 0.25) is 0 Å². The lowest BCUT2D eigenvalue weighted by molar-refractivity contribution is 0.528. The first-order chi connectivity index (χ1) is 7.35. The van der Waals surface area contributed by atoms with E-state index in [1.165, 1.54) is 0 Å². The molecule has 0 atom stereocenters. The molecule has 0 radical (unpaired) electrons. The van der Waals surface area contributed by atoms with Crippen LogP contribution in [0.1, 0.15) is 18.5 Å². The summed E-state index contributed by atoms with van der Waals surface area (Å²) in [5, 5.41) is 0. The Morgan fingerprint density at radius 1 is 1.27 bits per heavy atom. The van der Waals surface area contributed by atoms with Crippen LogP contribution in [0.5, 0.6) is 0 Å². The molecule has 78 valence electrons. The van der Waals surface area contributed by atoms with E-state index in [1.807, 2.05) is 30.3 Å². The summed E-state index contributed by atoms with van der Waals surface area (Å²) in [7, 11) is 0. The third-order valence-corrected chi connectivity index (χ3v) is 2.46. The molecule has 0 spiro atoms. The van der Waals surface area contributed by atoms with Crippen LogP contribution in [-0.2, 0) is 12.3 Å². The van der Waals surface area contributed by atoms with Gasteiger partial charge >= 0.3 is 0 Å². The fourth-order valence-corrected chi connectivity index (χ4v) is 1.63. The maximum Gasteiger partial charge on any atom is 0.210 e. The lowest BCUT2D eigenvalue weighted by Gasteiger charge is -1.97. The highest BCUT2D eigenvalue weighted by atomic mass is 35.5. The minimum Gasteiger partial charge on any atom is -0.439 e. The molecule has 15 heavy (non-hydrogen) atoms. The van der Waals surface area contributed by atoms with Crippen molar-refractivity contribution >= 4 is 11.6 Å². The fraction of sp³-hybridized carbons (Fsp3) is 0.250.